The number of anilines is 1. The van der Waals surface area contributed by atoms with Crippen molar-refractivity contribution in [1.82, 2.24) is 20.3 Å². The molecule has 0 aromatic carbocycles. The zero-order valence-corrected chi connectivity index (χ0v) is 13.1. The Bertz CT molecular complexity index is 711. The maximum atomic E-state index is 14.0. The number of amides is 1. The lowest BCUT2D eigenvalue weighted by atomic mass is 10.0. The molecule has 0 unspecified atom stereocenters. The van der Waals surface area contributed by atoms with Gasteiger partial charge >= 0.3 is 0 Å². The number of halogens is 1. The number of primary amides is 1. The average Bonchev–Trinajstić information content (AvgIpc) is 2.58. The highest BCUT2D eigenvalue weighted by Gasteiger charge is 2.25. The first-order valence-corrected chi connectivity index (χ1v) is 7.78. The molecule has 8 heteroatoms. The molecular formula is C16H19FN6O. The summed E-state index contributed by atoms with van der Waals surface area (Å²) in [6, 6.07) is 3.16. The SMILES string of the molecule is NC(=O)c1cnc(Cc2ccncn2)cc1N[C@@H]1CCNC[C@@H]1F. The van der Waals surface area contributed by atoms with Gasteiger partial charge in [-0.3, -0.25) is 9.78 Å². The fourth-order valence-corrected chi connectivity index (χ4v) is 2.70. The molecule has 3 heterocycles. The van der Waals surface area contributed by atoms with E-state index >= 15 is 0 Å². The largest absolute Gasteiger partial charge is 0.379 e. The molecule has 0 aliphatic carbocycles. The van der Waals surface area contributed by atoms with E-state index in [2.05, 4.69) is 25.6 Å². The molecule has 1 amide bonds. The monoisotopic (exact) mass is 330 g/mol. The second kappa shape index (κ2) is 7.31. The first-order valence-electron chi connectivity index (χ1n) is 7.78. The van der Waals surface area contributed by atoms with Crippen LogP contribution in [0.15, 0.2) is 30.9 Å². The van der Waals surface area contributed by atoms with Crippen LogP contribution >= 0.6 is 0 Å². The lowest BCUT2D eigenvalue weighted by Crippen LogP contribution is -2.45. The molecule has 24 heavy (non-hydrogen) atoms. The Labute approximate surface area is 138 Å². The fourth-order valence-electron chi connectivity index (χ4n) is 2.70. The number of nitrogens with one attached hydrogen (secondary N) is 2. The number of pyridine rings is 1. The average molecular weight is 330 g/mol. The van der Waals surface area contributed by atoms with E-state index in [9.17, 15) is 9.18 Å². The van der Waals surface area contributed by atoms with Crippen molar-refractivity contribution in [2.24, 2.45) is 5.73 Å². The molecular weight excluding hydrogens is 311 g/mol. The number of nitrogens with zero attached hydrogens (tertiary/aromatic N) is 3. The molecule has 0 bridgehead atoms. The standard InChI is InChI=1S/C16H19FN6O/c17-13-8-19-4-2-14(13)23-15-6-11(21-7-12(15)16(18)24)5-10-1-3-20-9-22-10/h1,3,6-7,9,13-14,19H,2,4-5,8H2,(H2,18,24)(H,21,23)/t13-,14+/m0/s1. The van der Waals surface area contributed by atoms with Crippen molar-refractivity contribution >= 4 is 11.6 Å². The molecule has 4 N–H and O–H groups in total. The van der Waals surface area contributed by atoms with Crippen molar-refractivity contribution in [3.05, 3.63) is 47.8 Å². The van der Waals surface area contributed by atoms with Crippen molar-refractivity contribution in [3.8, 4) is 0 Å². The summed E-state index contributed by atoms with van der Waals surface area (Å²) in [5.74, 6) is -0.595. The zero-order valence-electron chi connectivity index (χ0n) is 13.1. The third-order valence-electron chi connectivity index (χ3n) is 3.98. The lowest BCUT2D eigenvalue weighted by Gasteiger charge is -2.29. The van der Waals surface area contributed by atoms with E-state index < -0.39 is 12.1 Å². The zero-order chi connectivity index (χ0) is 16.9. The van der Waals surface area contributed by atoms with Crippen LogP contribution in [0.3, 0.4) is 0 Å². The molecule has 1 aliphatic heterocycles. The topological polar surface area (TPSA) is 106 Å². The van der Waals surface area contributed by atoms with E-state index in [0.29, 0.717) is 30.8 Å². The van der Waals surface area contributed by atoms with Crippen LogP contribution in [-0.4, -0.2) is 46.2 Å². The van der Waals surface area contributed by atoms with Crippen molar-refractivity contribution in [2.45, 2.75) is 25.1 Å². The second-order valence-electron chi connectivity index (χ2n) is 5.72. The minimum Gasteiger partial charge on any atom is -0.379 e. The molecule has 2 aromatic rings. The molecule has 1 fully saturated rings. The van der Waals surface area contributed by atoms with Gasteiger partial charge in [0.25, 0.3) is 5.91 Å². The number of nitrogens with two attached hydrogens (primary N) is 1. The minimum absolute atomic E-state index is 0.257. The molecule has 1 saturated heterocycles. The number of hydrogen-bond donors (Lipinski definition) is 3. The summed E-state index contributed by atoms with van der Waals surface area (Å²) in [4.78, 5) is 23.9. The number of hydrogen-bond acceptors (Lipinski definition) is 6. The third kappa shape index (κ3) is 3.83. The van der Waals surface area contributed by atoms with Gasteiger partial charge in [-0.05, 0) is 25.1 Å². The van der Waals surface area contributed by atoms with Crippen molar-refractivity contribution in [2.75, 3.05) is 18.4 Å². The minimum atomic E-state index is -1.03. The van der Waals surface area contributed by atoms with Crippen molar-refractivity contribution < 1.29 is 9.18 Å². The van der Waals surface area contributed by atoms with E-state index in [-0.39, 0.29) is 11.6 Å². The van der Waals surface area contributed by atoms with Crippen LogP contribution in [-0.2, 0) is 6.42 Å². The molecule has 2 aromatic heterocycles. The Balaban J connectivity index is 1.84. The van der Waals surface area contributed by atoms with Crippen LogP contribution in [0.4, 0.5) is 10.1 Å². The maximum Gasteiger partial charge on any atom is 0.252 e. The first kappa shape index (κ1) is 16.3. The molecule has 126 valence electrons. The van der Waals surface area contributed by atoms with Gasteiger partial charge in [0, 0.05) is 36.7 Å². The number of aromatic nitrogens is 3. The van der Waals surface area contributed by atoms with Crippen LogP contribution in [0.5, 0.6) is 0 Å². The highest BCUT2D eigenvalue weighted by atomic mass is 19.1. The molecule has 0 radical (unpaired) electrons. The molecule has 0 saturated carbocycles. The second-order valence-corrected chi connectivity index (χ2v) is 5.72. The molecule has 3 rings (SSSR count). The Hall–Kier alpha value is -2.61. The van der Waals surface area contributed by atoms with Gasteiger partial charge in [0.1, 0.15) is 12.5 Å². The number of carbonyl (C=O) groups excluding carboxylic acids is 1. The van der Waals surface area contributed by atoms with Crippen LogP contribution < -0.4 is 16.4 Å². The van der Waals surface area contributed by atoms with Crippen molar-refractivity contribution in [1.29, 1.82) is 0 Å². The fraction of sp³-hybridized carbons (Fsp3) is 0.375. The molecule has 0 spiro atoms. The van der Waals surface area contributed by atoms with Gasteiger partial charge in [0.05, 0.1) is 17.3 Å². The maximum absolute atomic E-state index is 14.0. The van der Waals surface area contributed by atoms with E-state index in [1.54, 1.807) is 18.3 Å². The lowest BCUT2D eigenvalue weighted by molar-refractivity contribution is 0.100. The van der Waals surface area contributed by atoms with Gasteiger partial charge in [-0.25, -0.2) is 14.4 Å². The van der Waals surface area contributed by atoms with Crippen LogP contribution in [0.25, 0.3) is 0 Å². The highest BCUT2D eigenvalue weighted by Crippen LogP contribution is 2.21. The number of rotatable bonds is 5. The summed E-state index contributed by atoms with van der Waals surface area (Å²) in [5, 5.41) is 6.12. The van der Waals surface area contributed by atoms with E-state index in [1.165, 1.54) is 12.5 Å². The smallest absolute Gasteiger partial charge is 0.252 e. The predicted molar refractivity (Wildman–Crippen MR) is 87.4 cm³/mol. The van der Waals surface area contributed by atoms with Gasteiger partial charge in [0.15, 0.2) is 0 Å². The summed E-state index contributed by atoms with van der Waals surface area (Å²) < 4.78 is 14.0. The third-order valence-corrected chi connectivity index (χ3v) is 3.98. The van der Waals surface area contributed by atoms with E-state index in [4.69, 9.17) is 5.73 Å². The number of carbonyl (C=O) groups is 1. The quantitative estimate of drug-likeness (QED) is 0.744. The summed E-state index contributed by atoms with van der Waals surface area (Å²) in [5.41, 5.74) is 7.70. The summed E-state index contributed by atoms with van der Waals surface area (Å²) >= 11 is 0. The van der Waals surface area contributed by atoms with Crippen LogP contribution in [0.1, 0.15) is 28.2 Å². The first-order chi connectivity index (χ1) is 11.6. The Kier molecular flexibility index (Phi) is 4.95. The van der Waals surface area contributed by atoms with Gasteiger partial charge in [-0.15, -0.1) is 0 Å². The van der Waals surface area contributed by atoms with Gasteiger partial charge in [-0.2, -0.15) is 0 Å². The normalized spacial score (nSPS) is 20.5. The van der Waals surface area contributed by atoms with Gasteiger partial charge < -0.3 is 16.4 Å². The summed E-state index contributed by atoms with van der Waals surface area (Å²) in [7, 11) is 0. The van der Waals surface area contributed by atoms with E-state index in [1.807, 2.05) is 0 Å². The van der Waals surface area contributed by atoms with Gasteiger partial charge in [-0.1, -0.05) is 0 Å². The highest BCUT2D eigenvalue weighted by molar-refractivity contribution is 5.98. The Morgan fingerprint density at radius 2 is 2.29 bits per heavy atom. The predicted octanol–water partition coefficient (Wildman–Crippen LogP) is 0.673. The molecule has 2 atom stereocenters. The summed E-state index contributed by atoms with van der Waals surface area (Å²) in [6.45, 7) is 1.02. The van der Waals surface area contributed by atoms with Crippen LogP contribution in [0, 0.1) is 0 Å². The van der Waals surface area contributed by atoms with Crippen LogP contribution in [0.2, 0.25) is 0 Å². The Morgan fingerprint density at radius 3 is 3.00 bits per heavy atom. The van der Waals surface area contributed by atoms with Gasteiger partial charge in [0.2, 0.25) is 0 Å². The van der Waals surface area contributed by atoms with Crippen molar-refractivity contribution in [3.63, 3.8) is 0 Å². The Morgan fingerprint density at radius 1 is 1.42 bits per heavy atom. The molecule has 7 nitrogen and oxygen atoms in total. The summed E-state index contributed by atoms with van der Waals surface area (Å²) in [6.07, 6.45) is 4.63. The number of alkyl halides is 1. The van der Waals surface area contributed by atoms with E-state index in [0.717, 1.165) is 12.2 Å². The molecule has 1 aliphatic rings. The number of piperidine rings is 1.